The Morgan fingerprint density at radius 2 is 2.00 bits per heavy atom. The lowest BCUT2D eigenvalue weighted by atomic mass is 9.89. The Morgan fingerprint density at radius 1 is 1.40 bits per heavy atom. The number of allylic oxidation sites excluding steroid dienone is 3. The summed E-state index contributed by atoms with van der Waals surface area (Å²) in [5.74, 6) is 0. The highest BCUT2D eigenvalue weighted by Gasteiger charge is 2.09. The molecule has 0 aliphatic heterocycles. The van der Waals surface area contributed by atoms with Crippen molar-refractivity contribution < 1.29 is 0 Å². The van der Waals surface area contributed by atoms with E-state index >= 15 is 0 Å². The molecule has 0 saturated heterocycles. The fourth-order valence-corrected chi connectivity index (χ4v) is 0.877. The van der Waals surface area contributed by atoms with Crippen molar-refractivity contribution in [3.05, 3.63) is 24.8 Å². The highest BCUT2D eigenvalue weighted by atomic mass is 14.1. The Morgan fingerprint density at radius 3 is 2.40 bits per heavy atom. The van der Waals surface area contributed by atoms with E-state index < -0.39 is 0 Å². The molecule has 0 aliphatic rings. The molecule has 0 heterocycles. The van der Waals surface area contributed by atoms with Gasteiger partial charge in [0.2, 0.25) is 0 Å². The van der Waals surface area contributed by atoms with E-state index in [2.05, 4.69) is 39.5 Å². The zero-order chi connectivity index (χ0) is 8.04. The van der Waals surface area contributed by atoms with E-state index in [0.717, 1.165) is 12.8 Å². The Hall–Kier alpha value is -0.520. The molecule has 10 heavy (non-hydrogen) atoms. The first-order valence-electron chi connectivity index (χ1n) is 3.91. The second kappa shape index (κ2) is 4.32. The third kappa shape index (κ3) is 4.37. The molecule has 0 heteroatoms. The molecule has 0 aliphatic carbocycles. The molecule has 0 spiro atoms. The standard InChI is InChI=1S/C10H18/c1-5-7-9-10(3,4)8-6-2/h6-7,9H,2,5,8H2,1,3-4H3. The van der Waals surface area contributed by atoms with Gasteiger partial charge in [-0.1, -0.05) is 39.0 Å². The average molecular weight is 138 g/mol. The van der Waals surface area contributed by atoms with Crippen molar-refractivity contribution in [2.45, 2.75) is 33.6 Å². The van der Waals surface area contributed by atoms with Crippen molar-refractivity contribution in [1.29, 1.82) is 0 Å². The SMILES string of the molecule is C=CCC(C)(C)C=CCC. The maximum atomic E-state index is 3.72. The molecule has 0 N–H and O–H groups in total. The van der Waals surface area contributed by atoms with Crippen LogP contribution in [0.25, 0.3) is 0 Å². The van der Waals surface area contributed by atoms with Gasteiger partial charge < -0.3 is 0 Å². The average Bonchev–Trinajstić information content (AvgIpc) is 1.84. The molecule has 0 nitrogen and oxygen atoms in total. The van der Waals surface area contributed by atoms with Crippen molar-refractivity contribution in [3.63, 3.8) is 0 Å². The van der Waals surface area contributed by atoms with E-state index in [-0.39, 0.29) is 0 Å². The Labute approximate surface area is 64.6 Å². The summed E-state index contributed by atoms with van der Waals surface area (Å²) >= 11 is 0. The summed E-state index contributed by atoms with van der Waals surface area (Å²) in [4.78, 5) is 0. The van der Waals surface area contributed by atoms with Crippen LogP contribution in [-0.2, 0) is 0 Å². The fraction of sp³-hybridized carbons (Fsp3) is 0.600. The normalized spacial score (nSPS) is 12.3. The summed E-state index contributed by atoms with van der Waals surface area (Å²) in [6.07, 6.45) is 8.63. The highest BCUT2D eigenvalue weighted by molar-refractivity contribution is 4.97. The van der Waals surface area contributed by atoms with Crippen LogP contribution in [0.3, 0.4) is 0 Å². The molecule has 0 aromatic heterocycles. The maximum Gasteiger partial charge on any atom is -0.0140 e. The van der Waals surface area contributed by atoms with Crippen LogP contribution in [0.15, 0.2) is 24.8 Å². The quantitative estimate of drug-likeness (QED) is 0.521. The van der Waals surface area contributed by atoms with Crippen molar-refractivity contribution >= 4 is 0 Å². The van der Waals surface area contributed by atoms with Crippen LogP contribution in [-0.4, -0.2) is 0 Å². The van der Waals surface area contributed by atoms with Crippen LogP contribution in [0, 0.1) is 5.41 Å². The monoisotopic (exact) mass is 138 g/mol. The number of hydrogen-bond donors (Lipinski definition) is 0. The Balaban J connectivity index is 3.84. The van der Waals surface area contributed by atoms with Crippen molar-refractivity contribution in [1.82, 2.24) is 0 Å². The minimum absolute atomic E-state index is 0.303. The van der Waals surface area contributed by atoms with Gasteiger partial charge in [0.25, 0.3) is 0 Å². The van der Waals surface area contributed by atoms with Gasteiger partial charge in [0.15, 0.2) is 0 Å². The van der Waals surface area contributed by atoms with Crippen molar-refractivity contribution in [3.8, 4) is 0 Å². The molecule has 0 fully saturated rings. The first kappa shape index (κ1) is 9.48. The van der Waals surface area contributed by atoms with Crippen LogP contribution >= 0.6 is 0 Å². The molecular formula is C10H18. The second-order valence-corrected chi connectivity index (χ2v) is 3.29. The summed E-state index contributed by atoms with van der Waals surface area (Å²) in [5.41, 5.74) is 0.303. The lowest BCUT2D eigenvalue weighted by molar-refractivity contribution is 0.488. The van der Waals surface area contributed by atoms with Crippen LogP contribution in [0.5, 0.6) is 0 Å². The number of rotatable bonds is 4. The van der Waals surface area contributed by atoms with Gasteiger partial charge in [-0.05, 0) is 18.3 Å². The molecular weight excluding hydrogens is 120 g/mol. The minimum Gasteiger partial charge on any atom is -0.103 e. The van der Waals surface area contributed by atoms with Gasteiger partial charge in [-0.3, -0.25) is 0 Å². The zero-order valence-electron chi connectivity index (χ0n) is 7.35. The van der Waals surface area contributed by atoms with E-state index in [0.29, 0.717) is 5.41 Å². The molecule has 0 radical (unpaired) electrons. The van der Waals surface area contributed by atoms with Gasteiger partial charge in [0.1, 0.15) is 0 Å². The Bertz CT molecular complexity index is 118. The molecule has 0 atom stereocenters. The maximum absolute atomic E-state index is 3.72. The lowest BCUT2D eigenvalue weighted by Crippen LogP contribution is -2.04. The molecule has 0 aromatic rings. The van der Waals surface area contributed by atoms with E-state index in [1.54, 1.807) is 0 Å². The number of hydrogen-bond acceptors (Lipinski definition) is 0. The zero-order valence-corrected chi connectivity index (χ0v) is 7.35. The van der Waals surface area contributed by atoms with Crippen LogP contribution < -0.4 is 0 Å². The largest absolute Gasteiger partial charge is 0.103 e. The lowest BCUT2D eigenvalue weighted by Gasteiger charge is -2.16. The fourth-order valence-electron chi connectivity index (χ4n) is 0.877. The van der Waals surface area contributed by atoms with Crippen LogP contribution in [0.2, 0.25) is 0 Å². The highest BCUT2D eigenvalue weighted by Crippen LogP contribution is 2.22. The molecule has 0 rings (SSSR count). The molecule has 58 valence electrons. The predicted molar refractivity (Wildman–Crippen MR) is 48.0 cm³/mol. The first-order valence-corrected chi connectivity index (χ1v) is 3.91. The van der Waals surface area contributed by atoms with Crippen molar-refractivity contribution in [2.24, 2.45) is 5.41 Å². The summed E-state index contributed by atoms with van der Waals surface area (Å²) in [6, 6.07) is 0. The van der Waals surface area contributed by atoms with Gasteiger partial charge in [-0.25, -0.2) is 0 Å². The molecule has 0 unspecified atom stereocenters. The van der Waals surface area contributed by atoms with Crippen molar-refractivity contribution in [2.75, 3.05) is 0 Å². The van der Waals surface area contributed by atoms with Gasteiger partial charge >= 0.3 is 0 Å². The minimum atomic E-state index is 0.303. The van der Waals surface area contributed by atoms with E-state index in [4.69, 9.17) is 0 Å². The van der Waals surface area contributed by atoms with E-state index in [9.17, 15) is 0 Å². The molecule has 0 bridgehead atoms. The van der Waals surface area contributed by atoms with Gasteiger partial charge in [0, 0.05) is 0 Å². The summed E-state index contributed by atoms with van der Waals surface area (Å²) in [6.45, 7) is 10.3. The third-order valence-electron chi connectivity index (χ3n) is 1.48. The predicted octanol–water partition coefficient (Wildman–Crippen LogP) is 3.55. The van der Waals surface area contributed by atoms with E-state index in [1.807, 2.05) is 6.08 Å². The topological polar surface area (TPSA) is 0 Å². The van der Waals surface area contributed by atoms with Crippen LogP contribution in [0.4, 0.5) is 0 Å². The van der Waals surface area contributed by atoms with Gasteiger partial charge in [0.05, 0.1) is 0 Å². The Kier molecular flexibility index (Phi) is 4.10. The summed E-state index contributed by atoms with van der Waals surface area (Å²) in [7, 11) is 0. The summed E-state index contributed by atoms with van der Waals surface area (Å²) < 4.78 is 0. The summed E-state index contributed by atoms with van der Waals surface area (Å²) in [5, 5.41) is 0. The molecule has 0 saturated carbocycles. The smallest absolute Gasteiger partial charge is 0.0140 e. The van der Waals surface area contributed by atoms with Gasteiger partial charge in [-0.2, -0.15) is 0 Å². The molecule has 0 aromatic carbocycles. The second-order valence-electron chi connectivity index (χ2n) is 3.29. The van der Waals surface area contributed by atoms with Gasteiger partial charge in [-0.15, -0.1) is 6.58 Å². The third-order valence-corrected chi connectivity index (χ3v) is 1.48. The first-order chi connectivity index (χ1) is 4.62. The molecule has 0 amide bonds. The van der Waals surface area contributed by atoms with Crippen LogP contribution in [0.1, 0.15) is 33.6 Å². The van der Waals surface area contributed by atoms with E-state index in [1.165, 1.54) is 0 Å².